The Morgan fingerprint density at radius 3 is 1.43 bits per heavy atom. The fourth-order valence-corrected chi connectivity index (χ4v) is 9.25. The smallest absolute Gasteiger partial charge is 0.0711 e. The van der Waals surface area contributed by atoms with Crippen molar-refractivity contribution < 1.29 is 0 Å². The molecule has 1 aliphatic carbocycles. The second kappa shape index (κ2) is 13.2. The number of hydrogen-bond donors (Lipinski definition) is 0. The lowest BCUT2D eigenvalue weighted by atomic mass is 9.67. The minimum absolute atomic E-state index is 0.277. The van der Waals surface area contributed by atoms with Gasteiger partial charge in [0.2, 0.25) is 0 Å². The SMILES string of the molecule is C=CC=C1/C(=C\C)C(c2ccccc2)(c2ccccc2)c2cccc(N3c4ccc(-c5ccccc5)cc4C(C)(C)c4cc(-c5ccccc5)ccc43)c21. The molecule has 54 heavy (non-hydrogen) atoms. The molecule has 1 heterocycles. The first kappa shape index (κ1) is 33.4. The monoisotopic (exact) mass is 693 g/mol. The summed E-state index contributed by atoms with van der Waals surface area (Å²) in [5.41, 5.74) is 17.7. The summed E-state index contributed by atoms with van der Waals surface area (Å²) in [6.07, 6.45) is 6.49. The molecule has 1 heteroatoms. The van der Waals surface area contributed by atoms with Crippen LogP contribution < -0.4 is 4.90 Å². The zero-order valence-electron chi connectivity index (χ0n) is 31.1. The van der Waals surface area contributed by atoms with Crippen LogP contribution in [0.5, 0.6) is 0 Å². The topological polar surface area (TPSA) is 3.24 Å². The molecule has 0 fully saturated rings. The first-order valence-corrected chi connectivity index (χ1v) is 18.9. The van der Waals surface area contributed by atoms with E-state index in [1.165, 1.54) is 78.2 Å². The van der Waals surface area contributed by atoms with Gasteiger partial charge in [0.05, 0.1) is 22.5 Å². The highest BCUT2D eigenvalue weighted by atomic mass is 15.2. The second-order valence-electron chi connectivity index (χ2n) is 14.9. The van der Waals surface area contributed by atoms with Crippen molar-refractivity contribution in [1.82, 2.24) is 0 Å². The van der Waals surface area contributed by atoms with Crippen molar-refractivity contribution in [3.63, 3.8) is 0 Å². The van der Waals surface area contributed by atoms with Gasteiger partial charge in [-0.15, -0.1) is 0 Å². The fraction of sp³-hybridized carbons (Fsp3) is 0.0943. The summed E-state index contributed by atoms with van der Waals surface area (Å²) in [5.74, 6) is 0. The largest absolute Gasteiger partial charge is 0.309 e. The molecule has 0 aromatic heterocycles. The number of fused-ring (bicyclic) bond motifs is 3. The number of hydrogen-bond acceptors (Lipinski definition) is 1. The molecule has 2 aliphatic rings. The van der Waals surface area contributed by atoms with E-state index < -0.39 is 5.41 Å². The number of benzene rings is 7. The maximum Gasteiger partial charge on any atom is 0.0711 e. The number of rotatable bonds is 6. The maximum atomic E-state index is 4.25. The average Bonchev–Trinajstić information content (AvgIpc) is 3.52. The number of allylic oxidation sites excluding steroid dienone is 5. The zero-order chi connectivity index (χ0) is 36.9. The Labute approximate surface area is 319 Å². The van der Waals surface area contributed by atoms with Crippen LogP contribution >= 0.6 is 0 Å². The molecule has 0 bridgehead atoms. The Kier molecular flexibility index (Phi) is 8.17. The van der Waals surface area contributed by atoms with Crippen LogP contribution in [0.4, 0.5) is 17.1 Å². The summed E-state index contributed by atoms with van der Waals surface area (Å²) < 4.78 is 0. The van der Waals surface area contributed by atoms with E-state index in [4.69, 9.17) is 0 Å². The van der Waals surface area contributed by atoms with Gasteiger partial charge in [0.25, 0.3) is 0 Å². The fourth-order valence-electron chi connectivity index (χ4n) is 9.25. The summed E-state index contributed by atoms with van der Waals surface area (Å²) in [4.78, 5) is 2.54. The van der Waals surface area contributed by atoms with Gasteiger partial charge in [0.15, 0.2) is 0 Å². The Morgan fingerprint density at radius 1 is 0.481 bits per heavy atom. The van der Waals surface area contributed by atoms with Crippen molar-refractivity contribution in [2.75, 3.05) is 4.90 Å². The molecule has 0 saturated carbocycles. The van der Waals surface area contributed by atoms with Gasteiger partial charge in [-0.25, -0.2) is 0 Å². The van der Waals surface area contributed by atoms with Crippen LogP contribution in [0.3, 0.4) is 0 Å². The summed E-state index contributed by atoms with van der Waals surface area (Å²) in [6, 6.07) is 64.6. The van der Waals surface area contributed by atoms with E-state index in [-0.39, 0.29) is 5.41 Å². The summed E-state index contributed by atoms with van der Waals surface area (Å²) in [7, 11) is 0. The molecule has 1 nitrogen and oxygen atoms in total. The highest BCUT2D eigenvalue weighted by molar-refractivity contribution is 6.02. The quantitative estimate of drug-likeness (QED) is 0.168. The van der Waals surface area contributed by atoms with Crippen molar-refractivity contribution >= 4 is 22.6 Å². The maximum absolute atomic E-state index is 4.25. The molecule has 1 aliphatic heterocycles. The normalized spacial score (nSPS) is 16.5. The van der Waals surface area contributed by atoms with E-state index >= 15 is 0 Å². The molecule has 7 aromatic carbocycles. The molecule has 260 valence electrons. The van der Waals surface area contributed by atoms with Crippen LogP contribution in [0.15, 0.2) is 206 Å². The van der Waals surface area contributed by atoms with Crippen LogP contribution in [0.1, 0.15) is 54.2 Å². The molecular weight excluding hydrogens is 651 g/mol. The van der Waals surface area contributed by atoms with E-state index in [1.54, 1.807) is 0 Å². The molecule has 0 amide bonds. The third-order valence-electron chi connectivity index (χ3n) is 11.7. The number of nitrogens with zero attached hydrogens (tertiary/aromatic N) is 1. The third kappa shape index (κ3) is 5.00. The van der Waals surface area contributed by atoms with Crippen molar-refractivity contribution in [2.45, 2.75) is 31.6 Å². The van der Waals surface area contributed by atoms with Gasteiger partial charge < -0.3 is 4.90 Å². The lowest BCUT2D eigenvalue weighted by Gasteiger charge is -2.43. The first-order chi connectivity index (χ1) is 26.5. The molecule has 0 N–H and O–H groups in total. The van der Waals surface area contributed by atoms with Crippen LogP contribution in [0.2, 0.25) is 0 Å². The van der Waals surface area contributed by atoms with Gasteiger partial charge in [-0.1, -0.05) is 184 Å². The first-order valence-electron chi connectivity index (χ1n) is 18.9. The van der Waals surface area contributed by atoms with E-state index in [2.05, 4.69) is 220 Å². The summed E-state index contributed by atoms with van der Waals surface area (Å²) in [5, 5.41) is 0. The third-order valence-corrected chi connectivity index (χ3v) is 11.7. The molecule has 0 spiro atoms. The van der Waals surface area contributed by atoms with E-state index in [9.17, 15) is 0 Å². The molecule has 0 unspecified atom stereocenters. The van der Waals surface area contributed by atoms with Gasteiger partial charge in [-0.3, -0.25) is 0 Å². The van der Waals surface area contributed by atoms with E-state index in [0.29, 0.717) is 0 Å². The minimum Gasteiger partial charge on any atom is -0.309 e. The van der Waals surface area contributed by atoms with Crippen LogP contribution in [-0.4, -0.2) is 0 Å². The number of anilines is 3. The highest BCUT2D eigenvalue weighted by Gasteiger charge is 2.50. The van der Waals surface area contributed by atoms with Crippen molar-refractivity contribution in [1.29, 1.82) is 0 Å². The Bertz CT molecular complexity index is 2440. The standard InChI is InChI=1S/C53H43N/c1-5-20-43-44(6-2)53(41-25-15-9-16-26-41,42-27-17-10-18-28-42)45-29-19-30-50(51(43)45)54-48-33-31-39(37-21-11-7-12-22-37)35-46(48)52(3,4)47-36-40(32-34-49(47)54)38-23-13-8-14-24-38/h5-36H,1H2,2-4H3/b43-20?,44-6+. The minimum atomic E-state index is -0.521. The zero-order valence-corrected chi connectivity index (χ0v) is 31.1. The van der Waals surface area contributed by atoms with E-state index in [0.717, 1.165) is 5.69 Å². The van der Waals surface area contributed by atoms with Gasteiger partial charge in [-0.2, -0.15) is 0 Å². The average molecular weight is 694 g/mol. The molecule has 7 aromatic rings. The van der Waals surface area contributed by atoms with Crippen LogP contribution in [-0.2, 0) is 10.8 Å². The molecule has 9 rings (SSSR count). The Balaban J connectivity index is 1.37. The van der Waals surface area contributed by atoms with Gasteiger partial charge in [0.1, 0.15) is 0 Å². The molecular formula is C53H43N. The summed E-state index contributed by atoms with van der Waals surface area (Å²) >= 11 is 0. The lowest BCUT2D eigenvalue weighted by molar-refractivity contribution is 0.632. The van der Waals surface area contributed by atoms with Crippen molar-refractivity contribution in [2.24, 2.45) is 0 Å². The Morgan fingerprint density at radius 2 is 0.963 bits per heavy atom. The molecule has 0 radical (unpaired) electrons. The van der Waals surface area contributed by atoms with Crippen molar-refractivity contribution in [3.8, 4) is 22.3 Å². The molecule has 0 atom stereocenters. The van der Waals surface area contributed by atoms with Crippen LogP contribution in [0, 0.1) is 0 Å². The summed E-state index contributed by atoms with van der Waals surface area (Å²) in [6.45, 7) is 11.2. The van der Waals surface area contributed by atoms with Crippen molar-refractivity contribution in [3.05, 3.63) is 240 Å². The van der Waals surface area contributed by atoms with Crippen LogP contribution in [0.25, 0.3) is 27.8 Å². The van der Waals surface area contributed by atoms with Gasteiger partial charge in [-0.05, 0) is 98.5 Å². The Hall–Kier alpha value is -6.44. The van der Waals surface area contributed by atoms with Gasteiger partial charge in [0, 0.05) is 11.0 Å². The van der Waals surface area contributed by atoms with E-state index in [1.807, 2.05) is 6.08 Å². The predicted molar refractivity (Wildman–Crippen MR) is 229 cm³/mol. The molecule has 0 saturated heterocycles. The van der Waals surface area contributed by atoms with Gasteiger partial charge >= 0.3 is 0 Å². The predicted octanol–water partition coefficient (Wildman–Crippen LogP) is 14.0. The second-order valence-corrected chi connectivity index (χ2v) is 14.9. The highest BCUT2D eigenvalue weighted by Crippen LogP contribution is 2.62. The lowest BCUT2D eigenvalue weighted by Crippen LogP contribution is -2.31.